The molecule has 0 bridgehead atoms. The van der Waals surface area contributed by atoms with Gasteiger partial charge in [0.25, 0.3) is 0 Å². The van der Waals surface area contributed by atoms with Crippen molar-refractivity contribution in [2.24, 2.45) is 0 Å². The molecular formula is C12H12IN5O3. The van der Waals surface area contributed by atoms with Gasteiger partial charge in [-0.25, -0.2) is 14.3 Å². The first-order valence-electron chi connectivity index (χ1n) is 5.98. The van der Waals surface area contributed by atoms with Crippen molar-refractivity contribution in [3.8, 4) is 0 Å². The highest BCUT2D eigenvalue weighted by molar-refractivity contribution is 14.1. The number of halogens is 1. The van der Waals surface area contributed by atoms with E-state index in [2.05, 4.69) is 43.5 Å². The Labute approximate surface area is 133 Å². The highest BCUT2D eigenvalue weighted by Gasteiger charge is 2.08. The third-order valence-corrected chi connectivity index (χ3v) is 3.21. The Morgan fingerprint density at radius 1 is 1.29 bits per heavy atom. The van der Waals surface area contributed by atoms with Crippen LogP contribution in [-0.2, 0) is 6.54 Å². The number of nitrogens with one attached hydrogen (secondary N) is 2. The Morgan fingerprint density at radius 2 is 2.00 bits per heavy atom. The van der Waals surface area contributed by atoms with Crippen molar-refractivity contribution in [2.75, 3.05) is 11.9 Å². The lowest BCUT2D eigenvalue weighted by molar-refractivity contribution is 0.0690. The SMILES string of the molecule is O=C(NCCn1cc(C(=O)O)nn1)Nc1ccc(I)cc1. The summed E-state index contributed by atoms with van der Waals surface area (Å²) in [6.45, 7) is 0.638. The summed E-state index contributed by atoms with van der Waals surface area (Å²) < 4.78 is 2.44. The molecule has 0 aliphatic carbocycles. The molecule has 8 nitrogen and oxygen atoms in total. The summed E-state index contributed by atoms with van der Waals surface area (Å²) in [5, 5.41) is 21.1. The average Bonchev–Trinajstić information content (AvgIpc) is 2.90. The maximum absolute atomic E-state index is 11.6. The van der Waals surface area contributed by atoms with E-state index >= 15 is 0 Å². The molecule has 0 atom stereocenters. The van der Waals surface area contributed by atoms with Crippen LogP contribution < -0.4 is 10.6 Å². The van der Waals surface area contributed by atoms with Crippen molar-refractivity contribution in [3.05, 3.63) is 39.7 Å². The van der Waals surface area contributed by atoms with E-state index < -0.39 is 5.97 Å². The van der Waals surface area contributed by atoms with Gasteiger partial charge in [0.05, 0.1) is 12.7 Å². The van der Waals surface area contributed by atoms with Crippen LogP contribution in [0, 0.1) is 3.57 Å². The summed E-state index contributed by atoms with van der Waals surface area (Å²) in [6.07, 6.45) is 1.31. The first kappa shape index (κ1) is 15.2. The van der Waals surface area contributed by atoms with Crippen LogP contribution in [-0.4, -0.2) is 38.6 Å². The highest BCUT2D eigenvalue weighted by Crippen LogP contribution is 2.10. The molecule has 1 heterocycles. The van der Waals surface area contributed by atoms with Crippen LogP contribution in [0.3, 0.4) is 0 Å². The lowest BCUT2D eigenvalue weighted by Gasteiger charge is -2.07. The number of hydrogen-bond acceptors (Lipinski definition) is 4. The van der Waals surface area contributed by atoms with Crippen molar-refractivity contribution in [3.63, 3.8) is 0 Å². The van der Waals surface area contributed by atoms with Gasteiger partial charge in [0.1, 0.15) is 0 Å². The van der Waals surface area contributed by atoms with E-state index in [1.54, 1.807) is 12.1 Å². The number of carboxylic acids is 1. The standard InChI is InChI=1S/C12H12IN5O3/c13-8-1-3-9(4-2-8)15-12(21)14-5-6-18-7-10(11(19)20)16-17-18/h1-4,7H,5-6H2,(H,19,20)(H2,14,15,21). The fourth-order valence-corrected chi connectivity index (χ4v) is 1.86. The average molecular weight is 401 g/mol. The minimum atomic E-state index is -1.13. The zero-order valence-corrected chi connectivity index (χ0v) is 12.9. The van der Waals surface area contributed by atoms with Gasteiger partial charge < -0.3 is 15.7 Å². The van der Waals surface area contributed by atoms with Gasteiger partial charge in [0, 0.05) is 15.8 Å². The number of amides is 2. The van der Waals surface area contributed by atoms with Gasteiger partial charge in [-0.1, -0.05) is 5.21 Å². The first-order chi connectivity index (χ1) is 10.0. The molecule has 0 radical (unpaired) electrons. The Balaban J connectivity index is 1.76. The minimum Gasteiger partial charge on any atom is -0.476 e. The monoisotopic (exact) mass is 401 g/mol. The van der Waals surface area contributed by atoms with Gasteiger partial charge in [-0.05, 0) is 46.9 Å². The second kappa shape index (κ2) is 7.02. The smallest absolute Gasteiger partial charge is 0.358 e. The van der Waals surface area contributed by atoms with Gasteiger partial charge in [-0.2, -0.15) is 0 Å². The van der Waals surface area contributed by atoms with Gasteiger partial charge in [-0.3, -0.25) is 0 Å². The van der Waals surface area contributed by atoms with Gasteiger partial charge in [-0.15, -0.1) is 5.10 Å². The Kier molecular flexibility index (Phi) is 5.09. The summed E-state index contributed by atoms with van der Waals surface area (Å²) in [4.78, 5) is 22.3. The largest absolute Gasteiger partial charge is 0.476 e. The zero-order valence-electron chi connectivity index (χ0n) is 10.8. The maximum atomic E-state index is 11.6. The number of nitrogens with zero attached hydrogens (tertiary/aromatic N) is 3. The normalized spacial score (nSPS) is 10.1. The van der Waals surface area contributed by atoms with Crippen LogP contribution >= 0.6 is 22.6 Å². The van der Waals surface area contributed by atoms with Gasteiger partial charge >= 0.3 is 12.0 Å². The number of hydrogen-bond donors (Lipinski definition) is 3. The van der Waals surface area contributed by atoms with E-state index in [9.17, 15) is 9.59 Å². The van der Waals surface area contributed by atoms with Crippen molar-refractivity contribution in [1.82, 2.24) is 20.3 Å². The molecule has 0 saturated heterocycles. The quantitative estimate of drug-likeness (QED) is 0.657. The Morgan fingerprint density at radius 3 is 2.62 bits per heavy atom. The van der Waals surface area contributed by atoms with Crippen LogP contribution in [0.1, 0.15) is 10.5 Å². The number of benzene rings is 1. The summed E-state index contributed by atoms with van der Waals surface area (Å²) in [6, 6.07) is 7.04. The number of aromatic carboxylic acids is 1. The number of carbonyl (C=O) groups is 2. The van der Waals surface area contributed by atoms with Crippen LogP contribution in [0.4, 0.5) is 10.5 Å². The minimum absolute atomic E-state index is 0.127. The number of carbonyl (C=O) groups excluding carboxylic acids is 1. The molecular weight excluding hydrogens is 389 g/mol. The summed E-state index contributed by atoms with van der Waals surface area (Å²) in [5.41, 5.74) is 0.570. The summed E-state index contributed by atoms with van der Waals surface area (Å²) in [7, 11) is 0. The lowest BCUT2D eigenvalue weighted by Crippen LogP contribution is -2.31. The fraction of sp³-hybridized carbons (Fsp3) is 0.167. The predicted octanol–water partition coefficient (Wildman–Crippen LogP) is 1.40. The molecule has 2 aromatic rings. The fourth-order valence-electron chi connectivity index (χ4n) is 1.50. The highest BCUT2D eigenvalue weighted by atomic mass is 127. The van der Waals surface area contributed by atoms with Crippen LogP contribution in [0.25, 0.3) is 0 Å². The van der Waals surface area contributed by atoms with Crippen molar-refractivity contribution >= 4 is 40.3 Å². The van der Waals surface area contributed by atoms with E-state index in [-0.39, 0.29) is 11.7 Å². The number of urea groups is 1. The molecule has 3 N–H and O–H groups in total. The summed E-state index contributed by atoms with van der Waals surface area (Å²) >= 11 is 2.18. The molecule has 2 amide bonds. The molecule has 21 heavy (non-hydrogen) atoms. The Bertz CT molecular complexity index is 641. The molecule has 1 aromatic heterocycles. The first-order valence-corrected chi connectivity index (χ1v) is 7.06. The number of carboxylic acid groups (broad SMARTS) is 1. The third kappa shape index (κ3) is 4.70. The van der Waals surface area contributed by atoms with Gasteiger partial charge in [0.15, 0.2) is 5.69 Å². The summed E-state index contributed by atoms with van der Waals surface area (Å²) in [5.74, 6) is -1.13. The van der Waals surface area contributed by atoms with Gasteiger partial charge in [0.2, 0.25) is 0 Å². The maximum Gasteiger partial charge on any atom is 0.358 e. The second-order valence-corrected chi connectivity index (χ2v) is 5.31. The third-order valence-electron chi connectivity index (χ3n) is 2.49. The van der Waals surface area contributed by atoms with E-state index in [0.29, 0.717) is 18.8 Å². The van der Waals surface area contributed by atoms with Crippen LogP contribution in [0.5, 0.6) is 0 Å². The van der Waals surface area contributed by atoms with E-state index in [1.165, 1.54) is 10.9 Å². The van der Waals surface area contributed by atoms with Crippen LogP contribution in [0.15, 0.2) is 30.5 Å². The van der Waals surface area contributed by atoms with E-state index in [0.717, 1.165) is 3.57 Å². The predicted molar refractivity (Wildman–Crippen MR) is 83.2 cm³/mol. The Hall–Kier alpha value is -2.17. The molecule has 2 rings (SSSR count). The molecule has 1 aromatic carbocycles. The van der Waals surface area contributed by atoms with Crippen molar-refractivity contribution in [1.29, 1.82) is 0 Å². The van der Waals surface area contributed by atoms with Crippen LogP contribution in [0.2, 0.25) is 0 Å². The molecule has 9 heteroatoms. The number of rotatable bonds is 5. The number of aromatic nitrogens is 3. The molecule has 0 aliphatic heterocycles. The molecule has 0 aliphatic rings. The topological polar surface area (TPSA) is 109 Å². The molecule has 110 valence electrons. The molecule has 0 fully saturated rings. The number of anilines is 1. The second-order valence-electron chi connectivity index (χ2n) is 4.06. The lowest BCUT2D eigenvalue weighted by atomic mass is 10.3. The molecule has 0 unspecified atom stereocenters. The van der Waals surface area contributed by atoms with Crippen molar-refractivity contribution < 1.29 is 14.7 Å². The van der Waals surface area contributed by atoms with E-state index in [1.807, 2.05) is 12.1 Å². The molecule has 0 saturated carbocycles. The molecule has 0 spiro atoms. The van der Waals surface area contributed by atoms with Crippen molar-refractivity contribution in [2.45, 2.75) is 6.54 Å². The van der Waals surface area contributed by atoms with E-state index in [4.69, 9.17) is 5.11 Å². The zero-order chi connectivity index (χ0) is 15.2.